The van der Waals surface area contributed by atoms with Crippen molar-refractivity contribution >= 4 is 11.7 Å². The number of benzene rings is 1. The fourth-order valence-electron chi connectivity index (χ4n) is 3.39. The lowest BCUT2D eigenvalue weighted by molar-refractivity contribution is 0.0696. The van der Waals surface area contributed by atoms with Crippen molar-refractivity contribution in [3.63, 3.8) is 0 Å². The van der Waals surface area contributed by atoms with E-state index in [9.17, 15) is 4.79 Å². The minimum Gasteiger partial charge on any atom is -0.478 e. The molecule has 3 rings (SSSR count). The van der Waals surface area contributed by atoms with E-state index < -0.39 is 5.97 Å². The van der Waals surface area contributed by atoms with Gasteiger partial charge in [-0.3, -0.25) is 4.98 Å². The summed E-state index contributed by atoms with van der Waals surface area (Å²) in [5.74, 6) is -0.296. The van der Waals surface area contributed by atoms with Crippen molar-refractivity contribution in [3.8, 4) is 0 Å². The minimum absolute atomic E-state index is 0.373. The van der Waals surface area contributed by atoms with Crippen molar-refractivity contribution in [2.24, 2.45) is 5.92 Å². The zero-order valence-electron chi connectivity index (χ0n) is 13.6. The first-order chi connectivity index (χ1) is 11.0. The maximum Gasteiger partial charge on any atom is 0.335 e. The summed E-state index contributed by atoms with van der Waals surface area (Å²) in [5.41, 5.74) is 4.84. The van der Waals surface area contributed by atoms with Gasteiger partial charge in [-0.2, -0.15) is 0 Å². The number of aryl methyl sites for hydroxylation is 2. The van der Waals surface area contributed by atoms with Gasteiger partial charge in [0.05, 0.1) is 5.56 Å². The van der Waals surface area contributed by atoms with Crippen molar-refractivity contribution in [2.45, 2.75) is 26.7 Å². The van der Waals surface area contributed by atoms with E-state index in [0.29, 0.717) is 11.5 Å². The quantitative estimate of drug-likeness (QED) is 0.939. The molecule has 1 N–H and O–H groups in total. The summed E-state index contributed by atoms with van der Waals surface area (Å²) < 4.78 is 0. The molecule has 1 aliphatic heterocycles. The zero-order valence-corrected chi connectivity index (χ0v) is 13.6. The fourth-order valence-corrected chi connectivity index (χ4v) is 3.39. The molecule has 1 unspecified atom stereocenters. The largest absolute Gasteiger partial charge is 0.478 e. The molecule has 1 aromatic carbocycles. The molecule has 2 aromatic rings. The number of hydrogen-bond donors (Lipinski definition) is 1. The Balaban J connectivity index is 1.68. The molecule has 120 valence electrons. The average molecular weight is 310 g/mol. The third kappa shape index (κ3) is 3.70. The van der Waals surface area contributed by atoms with Crippen LogP contribution in [0.1, 0.15) is 33.7 Å². The topological polar surface area (TPSA) is 53.4 Å². The van der Waals surface area contributed by atoms with Gasteiger partial charge in [-0.15, -0.1) is 0 Å². The second kappa shape index (κ2) is 6.41. The molecule has 1 saturated heterocycles. The van der Waals surface area contributed by atoms with E-state index in [0.717, 1.165) is 42.9 Å². The number of aromatic carboxylic acids is 1. The van der Waals surface area contributed by atoms with Crippen molar-refractivity contribution in [1.82, 2.24) is 4.98 Å². The SMILES string of the molecule is Cc1cc(N2CCC(Cc3cccc(C(=O)O)c3)C2)cc(C)n1. The monoisotopic (exact) mass is 310 g/mol. The number of carboxylic acids is 1. The lowest BCUT2D eigenvalue weighted by Gasteiger charge is -2.19. The second-order valence-electron chi connectivity index (χ2n) is 6.42. The highest BCUT2D eigenvalue weighted by molar-refractivity contribution is 5.87. The molecule has 4 heteroatoms. The van der Waals surface area contributed by atoms with Gasteiger partial charge in [0.2, 0.25) is 0 Å². The summed E-state index contributed by atoms with van der Waals surface area (Å²) in [5, 5.41) is 9.10. The Labute approximate surface area is 136 Å². The van der Waals surface area contributed by atoms with Crippen LogP contribution in [0.3, 0.4) is 0 Å². The van der Waals surface area contributed by atoms with Gasteiger partial charge in [0.1, 0.15) is 0 Å². The number of aromatic nitrogens is 1. The number of anilines is 1. The molecule has 0 bridgehead atoms. The molecule has 0 spiro atoms. The second-order valence-corrected chi connectivity index (χ2v) is 6.42. The maximum absolute atomic E-state index is 11.1. The van der Waals surface area contributed by atoms with E-state index in [1.54, 1.807) is 12.1 Å². The number of hydrogen-bond acceptors (Lipinski definition) is 3. The van der Waals surface area contributed by atoms with Crippen LogP contribution in [0.15, 0.2) is 36.4 Å². The molecule has 0 saturated carbocycles. The predicted molar refractivity (Wildman–Crippen MR) is 91.1 cm³/mol. The van der Waals surface area contributed by atoms with E-state index in [1.165, 1.54) is 5.69 Å². The van der Waals surface area contributed by atoms with Crippen LogP contribution in [-0.4, -0.2) is 29.1 Å². The van der Waals surface area contributed by atoms with Crippen LogP contribution in [0.5, 0.6) is 0 Å². The highest BCUT2D eigenvalue weighted by atomic mass is 16.4. The summed E-state index contributed by atoms with van der Waals surface area (Å²) in [6.07, 6.45) is 2.07. The zero-order chi connectivity index (χ0) is 16.4. The molecule has 1 aromatic heterocycles. The molecule has 0 radical (unpaired) electrons. The third-order valence-corrected chi connectivity index (χ3v) is 4.42. The molecular formula is C19H22N2O2. The van der Waals surface area contributed by atoms with Crippen LogP contribution in [0.2, 0.25) is 0 Å². The molecule has 1 fully saturated rings. The minimum atomic E-state index is -0.859. The molecule has 1 atom stereocenters. The Morgan fingerprint density at radius 3 is 2.70 bits per heavy atom. The van der Waals surface area contributed by atoms with E-state index >= 15 is 0 Å². The molecule has 4 nitrogen and oxygen atoms in total. The maximum atomic E-state index is 11.1. The Hall–Kier alpha value is -2.36. The number of nitrogens with zero attached hydrogens (tertiary/aromatic N) is 2. The Morgan fingerprint density at radius 1 is 1.26 bits per heavy atom. The van der Waals surface area contributed by atoms with Crippen molar-refractivity contribution in [3.05, 3.63) is 58.9 Å². The summed E-state index contributed by atoms with van der Waals surface area (Å²) in [4.78, 5) is 17.9. The van der Waals surface area contributed by atoms with Gasteiger partial charge in [-0.25, -0.2) is 4.79 Å². The van der Waals surface area contributed by atoms with Crippen LogP contribution in [0.4, 0.5) is 5.69 Å². The van der Waals surface area contributed by atoms with E-state index in [2.05, 4.69) is 22.0 Å². The van der Waals surface area contributed by atoms with Crippen molar-refractivity contribution in [1.29, 1.82) is 0 Å². The van der Waals surface area contributed by atoms with Gasteiger partial charge in [-0.1, -0.05) is 12.1 Å². The van der Waals surface area contributed by atoms with E-state index in [-0.39, 0.29) is 0 Å². The highest BCUT2D eigenvalue weighted by Crippen LogP contribution is 2.27. The molecule has 0 amide bonds. The first kappa shape index (κ1) is 15.5. The van der Waals surface area contributed by atoms with Crippen LogP contribution in [-0.2, 0) is 6.42 Å². The Kier molecular flexibility index (Phi) is 4.33. The van der Waals surface area contributed by atoms with Gasteiger partial charge in [-0.05, 0) is 62.4 Å². The third-order valence-electron chi connectivity index (χ3n) is 4.42. The summed E-state index contributed by atoms with van der Waals surface area (Å²) in [7, 11) is 0. The van der Waals surface area contributed by atoms with Crippen LogP contribution in [0, 0.1) is 19.8 Å². The molecule has 23 heavy (non-hydrogen) atoms. The smallest absolute Gasteiger partial charge is 0.335 e. The molecule has 1 aliphatic rings. The Morgan fingerprint density at radius 2 is 2.00 bits per heavy atom. The summed E-state index contributed by atoms with van der Waals surface area (Å²) in [6.45, 7) is 6.12. The van der Waals surface area contributed by atoms with Gasteiger partial charge >= 0.3 is 5.97 Å². The number of rotatable bonds is 4. The standard InChI is InChI=1S/C19H22N2O2/c1-13-8-18(9-14(2)20-13)21-7-6-16(12-21)10-15-4-3-5-17(11-15)19(22)23/h3-5,8-9,11,16H,6-7,10,12H2,1-2H3,(H,22,23). The Bertz CT molecular complexity index is 707. The summed E-state index contributed by atoms with van der Waals surface area (Å²) >= 11 is 0. The lowest BCUT2D eigenvalue weighted by atomic mass is 9.97. The van der Waals surface area contributed by atoms with Crippen molar-refractivity contribution in [2.75, 3.05) is 18.0 Å². The summed E-state index contributed by atoms with van der Waals surface area (Å²) in [6, 6.07) is 11.6. The normalized spacial score (nSPS) is 17.5. The fraction of sp³-hybridized carbons (Fsp3) is 0.368. The molecule has 0 aliphatic carbocycles. The van der Waals surface area contributed by atoms with Gasteiger partial charge < -0.3 is 10.0 Å². The number of carboxylic acid groups (broad SMARTS) is 1. The average Bonchev–Trinajstić information content (AvgIpc) is 2.95. The first-order valence-corrected chi connectivity index (χ1v) is 8.04. The van der Waals surface area contributed by atoms with Gasteiger partial charge in [0, 0.05) is 30.2 Å². The van der Waals surface area contributed by atoms with Gasteiger partial charge in [0.25, 0.3) is 0 Å². The lowest BCUT2D eigenvalue weighted by Crippen LogP contribution is -2.20. The highest BCUT2D eigenvalue weighted by Gasteiger charge is 2.23. The van der Waals surface area contributed by atoms with E-state index in [4.69, 9.17) is 5.11 Å². The van der Waals surface area contributed by atoms with Gasteiger partial charge in [0.15, 0.2) is 0 Å². The van der Waals surface area contributed by atoms with Crippen molar-refractivity contribution < 1.29 is 9.90 Å². The van der Waals surface area contributed by atoms with Crippen LogP contribution < -0.4 is 4.90 Å². The first-order valence-electron chi connectivity index (χ1n) is 8.04. The van der Waals surface area contributed by atoms with Crippen LogP contribution in [0.25, 0.3) is 0 Å². The predicted octanol–water partition coefficient (Wildman–Crippen LogP) is 3.47. The number of pyridine rings is 1. The van der Waals surface area contributed by atoms with Crippen LogP contribution >= 0.6 is 0 Å². The number of carbonyl (C=O) groups is 1. The molecular weight excluding hydrogens is 288 g/mol. The van der Waals surface area contributed by atoms with E-state index in [1.807, 2.05) is 26.0 Å². The molecule has 2 heterocycles.